The summed E-state index contributed by atoms with van der Waals surface area (Å²) in [6, 6.07) is 16.5. The molecule has 1 amide bonds. The van der Waals surface area contributed by atoms with Crippen molar-refractivity contribution in [3.8, 4) is 0 Å². The van der Waals surface area contributed by atoms with Gasteiger partial charge in [0.1, 0.15) is 0 Å². The molecule has 6 nitrogen and oxygen atoms in total. The zero-order valence-corrected chi connectivity index (χ0v) is 20.8. The number of rotatable bonds is 7. The predicted molar refractivity (Wildman–Crippen MR) is 137 cm³/mol. The van der Waals surface area contributed by atoms with Crippen LogP contribution in [0.25, 0.3) is 5.70 Å². The van der Waals surface area contributed by atoms with Gasteiger partial charge in [0.25, 0.3) is 0 Å². The minimum atomic E-state index is -0.521. The Hall–Kier alpha value is -3.03. The van der Waals surface area contributed by atoms with Crippen LogP contribution in [-0.2, 0) is 14.3 Å². The molecule has 0 aliphatic carbocycles. The van der Waals surface area contributed by atoms with Crippen molar-refractivity contribution in [1.29, 1.82) is 0 Å². The van der Waals surface area contributed by atoms with E-state index >= 15 is 0 Å². The largest absolute Gasteiger partial charge is 0.463 e. The molecule has 2 aromatic rings. The molecule has 2 aliphatic heterocycles. The molecule has 0 unspecified atom stereocenters. The maximum Gasteiger partial charge on any atom is 0.338 e. The smallest absolute Gasteiger partial charge is 0.338 e. The maximum absolute atomic E-state index is 13.4. The van der Waals surface area contributed by atoms with Gasteiger partial charge in [-0.3, -0.25) is 4.79 Å². The molecule has 1 N–H and O–H groups in total. The van der Waals surface area contributed by atoms with E-state index in [4.69, 9.17) is 21.3 Å². The average molecular weight is 496 g/mol. The number of amides is 1. The van der Waals surface area contributed by atoms with Crippen molar-refractivity contribution in [2.45, 2.75) is 39.3 Å². The molecule has 0 saturated carbocycles. The topological polar surface area (TPSA) is 71.0 Å². The molecule has 0 fully saturated rings. The second kappa shape index (κ2) is 10.5. The lowest BCUT2D eigenvalue weighted by Crippen LogP contribution is -2.38. The van der Waals surface area contributed by atoms with E-state index in [0.29, 0.717) is 21.5 Å². The Morgan fingerprint density at radius 3 is 2.50 bits per heavy atom. The van der Waals surface area contributed by atoms with Crippen LogP contribution < -0.4 is 5.32 Å². The second-order valence-corrected chi connectivity index (χ2v) is 9.47. The number of amidine groups is 1. The van der Waals surface area contributed by atoms with Crippen LogP contribution in [-0.4, -0.2) is 34.6 Å². The molecule has 0 radical (unpaired) electrons. The van der Waals surface area contributed by atoms with Gasteiger partial charge < -0.3 is 15.0 Å². The predicted octanol–water partition coefficient (Wildman–Crippen LogP) is 5.53. The highest BCUT2D eigenvalue weighted by atomic mass is 35.5. The van der Waals surface area contributed by atoms with Crippen LogP contribution in [0.2, 0.25) is 5.02 Å². The van der Waals surface area contributed by atoms with Gasteiger partial charge in [-0.25, -0.2) is 9.79 Å². The van der Waals surface area contributed by atoms with Crippen LogP contribution in [0.5, 0.6) is 0 Å². The summed E-state index contributed by atoms with van der Waals surface area (Å²) in [5.41, 5.74) is 3.45. The Balaban J connectivity index is 1.86. The number of aliphatic imine (C=N–C) groups is 1. The molecule has 1 atom stereocenters. The second-order valence-electron chi connectivity index (χ2n) is 8.19. The molecular weight excluding hydrogens is 470 g/mol. The standard InChI is InChI=1S/C26H26ClN3O3S/c1-4-33-25(32)22-23(17-8-6-5-7-9-17)29-26-30(24(22)18-10-12-19(27)13-11-18)20(15-34-26)14-21(31)28-16(2)3/h5-13,15-16,24H,4,14H2,1-3H3,(H,28,31)/t24-/m1/s1. The monoisotopic (exact) mass is 495 g/mol. The first kappa shape index (κ1) is 24.1. The summed E-state index contributed by atoms with van der Waals surface area (Å²) in [6.07, 6.45) is 0.172. The first-order valence-electron chi connectivity index (χ1n) is 11.1. The molecule has 0 saturated heterocycles. The molecule has 8 heteroatoms. The fraction of sp³-hybridized carbons (Fsp3) is 0.269. The number of ether oxygens (including phenoxy) is 1. The Kier molecular flexibility index (Phi) is 7.44. The number of fused-ring (bicyclic) bond motifs is 1. The van der Waals surface area contributed by atoms with E-state index in [1.165, 1.54) is 11.8 Å². The number of carbonyl (C=O) groups is 2. The molecule has 34 heavy (non-hydrogen) atoms. The van der Waals surface area contributed by atoms with Gasteiger partial charge in [0.05, 0.1) is 30.3 Å². The number of nitrogens with zero attached hydrogens (tertiary/aromatic N) is 2. The van der Waals surface area contributed by atoms with Crippen molar-refractivity contribution in [3.05, 3.63) is 87.4 Å². The zero-order chi connectivity index (χ0) is 24.2. The lowest BCUT2D eigenvalue weighted by molar-refractivity contribution is -0.139. The highest BCUT2D eigenvalue weighted by Crippen LogP contribution is 2.47. The lowest BCUT2D eigenvalue weighted by atomic mass is 9.91. The number of carbonyl (C=O) groups excluding carboxylic acids is 2. The molecule has 2 aromatic carbocycles. The van der Waals surface area contributed by atoms with E-state index < -0.39 is 12.0 Å². The quantitative estimate of drug-likeness (QED) is 0.511. The van der Waals surface area contributed by atoms with Gasteiger partial charge in [-0.05, 0) is 43.9 Å². The van der Waals surface area contributed by atoms with Crippen molar-refractivity contribution in [2.75, 3.05) is 6.61 Å². The van der Waals surface area contributed by atoms with Gasteiger partial charge in [-0.1, -0.05) is 65.8 Å². The summed E-state index contributed by atoms with van der Waals surface area (Å²) in [6.45, 7) is 5.87. The number of esters is 1. The number of nitrogens with one attached hydrogen (secondary N) is 1. The van der Waals surface area contributed by atoms with Gasteiger partial charge in [0.2, 0.25) is 5.91 Å². The fourth-order valence-corrected chi connectivity index (χ4v) is 5.03. The van der Waals surface area contributed by atoms with Gasteiger partial charge >= 0.3 is 5.97 Å². The molecule has 176 valence electrons. The first-order valence-corrected chi connectivity index (χ1v) is 12.4. The summed E-state index contributed by atoms with van der Waals surface area (Å²) in [7, 11) is 0. The number of hydrogen-bond acceptors (Lipinski definition) is 6. The van der Waals surface area contributed by atoms with Crippen LogP contribution in [0.3, 0.4) is 0 Å². The van der Waals surface area contributed by atoms with E-state index in [-0.39, 0.29) is 25.0 Å². The third kappa shape index (κ3) is 5.05. The van der Waals surface area contributed by atoms with Crippen molar-refractivity contribution in [1.82, 2.24) is 10.2 Å². The minimum Gasteiger partial charge on any atom is -0.463 e. The Bertz CT molecular complexity index is 1170. The molecule has 0 aromatic heterocycles. The normalized spacial score (nSPS) is 17.3. The zero-order valence-electron chi connectivity index (χ0n) is 19.2. The third-order valence-electron chi connectivity index (χ3n) is 5.33. The Morgan fingerprint density at radius 1 is 1.15 bits per heavy atom. The summed E-state index contributed by atoms with van der Waals surface area (Å²) in [4.78, 5) is 32.9. The number of benzene rings is 2. The lowest BCUT2D eigenvalue weighted by Gasteiger charge is -2.36. The van der Waals surface area contributed by atoms with E-state index in [0.717, 1.165) is 16.8 Å². The van der Waals surface area contributed by atoms with Crippen molar-refractivity contribution in [3.63, 3.8) is 0 Å². The van der Waals surface area contributed by atoms with Crippen molar-refractivity contribution in [2.24, 2.45) is 4.99 Å². The molecule has 2 aliphatic rings. The molecule has 4 rings (SSSR count). The number of hydrogen-bond donors (Lipinski definition) is 1. The van der Waals surface area contributed by atoms with Crippen LogP contribution in [0.1, 0.15) is 44.4 Å². The van der Waals surface area contributed by atoms with Gasteiger partial charge in [-0.2, -0.15) is 0 Å². The SMILES string of the molecule is CCOC(=O)C1=C(c2ccccc2)N=C2SC=C(CC(=O)NC(C)C)N2[C@@H]1c1ccc(Cl)cc1. The van der Waals surface area contributed by atoms with E-state index in [9.17, 15) is 9.59 Å². The van der Waals surface area contributed by atoms with Crippen LogP contribution in [0, 0.1) is 0 Å². The van der Waals surface area contributed by atoms with Gasteiger partial charge in [0, 0.05) is 22.3 Å². The average Bonchev–Trinajstić information content (AvgIpc) is 3.21. The van der Waals surface area contributed by atoms with E-state index in [1.54, 1.807) is 19.1 Å². The maximum atomic E-state index is 13.4. The third-order valence-corrected chi connectivity index (χ3v) is 6.47. The van der Waals surface area contributed by atoms with Crippen molar-refractivity contribution < 1.29 is 14.3 Å². The summed E-state index contributed by atoms with van der Waals surface area (Å²) < 4.78 is 5.50. The van der Waals surface area contributed by atoms with E-state index in [1.807, 2.05) is 66.6 Å². The van der Waals surface area contributed by atoms with Crippen LogP contribution in [0.15, 0.2) is 76.3 Å². The van der Waals surface area contributed by atoms with E-state index in [2.05, 4.69) is 5.32 Å². The van der Waals surface area contributed by atoms with Crippen LogP contribution >= 0.6 is 23.4 Å². The van der Waals surface area contributed by atoms with Gasteiger partial charge in [0.15, 0.2) is 5.17 Å². The number of halogens is 1. The highest BCUT2D eigenvalue weighted by molar-refractivity contribution is 8.16. The minimum absolute atomic E-state index is 0.0309. The summed E-state index contributed by atoms with van der Waals surface area (Å²) in [5, 5.41) is 6.17. The van der Waals surface area contributed by atoms with Crippen LogP contribution in [0.4, 0.5) is 0 Å². The summed E-state index contributed by atoms with van der Waals surface area (Å²) >= 11 is 7.62. The van der Waals surface area contributed by atoms with Gasteiger partial charge in [-0.15, -0.1) is 0 Å². The summed E-state index contributed by atoms with van der Waals surface area (Å²) in [5.74, 6) is -0.527. The molecule has 0 spiro atoms. The van der Waals surface area contributed by atoms with Crippen molar-refractivity contribution >= 4 is 46.1 Å². The molecule has 0 bridgehead atoms. The Labute approximate surface area is 208 Å². The Morgan fingerprint density at radius 2 is 1.85 bits per heavy atom. The fourth-order valence-electron chi connectivity index (χ4n) is 3.99. The molecular formula is C26H26ClN3O3S. The number of thioether (sulfide) groups is 1. The highest BCUT2D eigenvalue weighted by Gasteiger charge is 2.42. The molecule has 2 heterocycles. The first-order chi connectivity index (χ1) is 16.4.